The molecule has 1 aromatic heterocycles. The van der Waals surface area contributed by atoms with Crippen LogP contribution < -0.4 is 10.6 Å². The Morgan fingerprint density at radius 3 is 2.54 bits per heavy atom. The number of hydrogen-bond donors (Lipinski definition) is 4. The topological polar surface area (TPSA) is 120 Å². The predicted molar refractivity (Wildman–Crippen MR) is 88.6 cm³/mol. The molecule has 2 unspecified atom stereocenters. The quantitative estimate of drug-likeness (QED) is 0.635. The number of nitrogens with zero attached hydrogens (tertiary/aromatic N) is 2. The normalized spacial score (nSPS) is 23.3. The van der Waals surface area contributed by atoms with E-state index in [1.807, 2.05) is 6.92 Å². The molecule has 2 atom stereocenters. The molecular weight excluding hydrogens is 310 g/mol. The Morgan fingerprint density at radius 2 is 1.96 bits per heavy atom. The Labute approximate surface area is 141 Å². The number of carboxylic acids is 1. The maximum absolute atomic E-state index is 12.1. The lowest BCUT2D eigenvalue weighted by Gasteiger charge is -2.27. The summed E-state index contributed by atoms with van der Waals surface area (Å²) < 4.78 is 0. The number of aromatic nitrogens is 3. The van der Waals surface area contributed by atoms with E-state index in [0.29, 0.717) is 31.5 Å². The van der Waals surface area contributed by atoms with Crippen LogP contribution in [0.2, 0.25) is 0 Å². The molecule has 0 aromatic carbocycles. The van der Waals surface area contributed by atoms with E-state index in [9.17, 15) is 9.59 Å². The van der Waals surface area contributed by atoms with Gasteiger partial charge in [-0.15, -0.1) is 0 Å². The molecule has 1 aliphatic rings. The van der Waals surface area contributed by atoms with Crippen molar-refractivity contribution in [2.75, 3.05) is 0 Å². The first-order chi connectivity index (χ1) is 11.4. The Morgan fingerprint density at radius 1 is 1.29 bits per heavy atom. The second-order valence-electron chi connectivity index (χ2n) is 6.61. The molecule has 0 radical (unpaired) electrons. The molecule has 1 fully saturated rings. The van der Waals surface area contributed by atoms with E-state index in [-0.39, 0.29) is 30.0 Å². The van der Waals surface area contributed by atoms with E-state index in [1.165, 1.54) is 0 Å². The molecule has 2 amide bonds. The van der Waals surface area contributed by atoms with Crippen LogP contribution in [0, 0.1) is 5.92 Å². The molecule has 1 aliphatic carbocycles. The summed E-state index contributed by atoms with van der Waals surface area (Å²) in [7, 11) is 0. The van der Waals surface area contributed by atoms with Crippen LogP contribution in [0.15, 0.2) is 0 Å². The summed E-state index contributed by atoms with van der Waals surface area (Å²) in [5.74, 6) is 0.649. The Hall–Kier alpha value is -2.12. The average Bonchev–Trinajstić information content (AvgIpc) is 3.04. The fourth-order valence-electron chi connectivity index (χ4n) is 2.86. The zero-order valence-electron chi connectivity index (χ0n) is 14.5. The lowest BCUT2D eigenvalue weighted by Crippen LogP contribution is -2.45. The van der Waals surface area contributed by atoms with E-state index < -0.39 is 5.97 Å². The largest absolute Gasteiger partial charge is 0.481 e. The van der Waals surface area contributed by atoms with E-state index >= 15 is 0 Å². The number of rotatable bonds is 6. The first kappa shape index (κ1) is 18.2. The highest BCUT2D eigenvalue weighted by Crippen LogP contribution is 2.24. The number of aromatic amines is 1. The van der Waals surface area contributed by atoms with Crippen molar-refractivity contribution >= 4 is 12.0 Å². The summed E-state index contributed by atoms with van der Waals surface area (Å²) in [6.45, 7) is 5.99. The molecule has 8 nitrogen and oxygen atoms in total. The monoisotopic (exact) mass is 337 g/mol. The van der Waals surface area contributed by atoms with Gasteiger partial charge in [0, 0.05) is 12.0 Å². The van der Waals surface area contributed by atoms with Crippen LogP contribution in [0.1, 0.15) is 76.5 Å². The van der Waals surface area contributed by atoms with E-state index in [4.69, 9.17) is 5.11 Å². The number of aliphatic carboxylic acids is 1. The van der Waals surface area contributed by atoms with Crippen LogP contribution in [0.25, 0.3) is 0 Å². The first-order valence-corrected chi connectivity index (χ1v) is 8.62. The number of carbonyl (C=O) groups is 2. The number of carboxylic acid groups (broad SMARTS) is 1. The second kappa shape index (κ2) is 8.12. The highest BCUT2D eigenvalue weighted by Gasteiger charge is 2.27. The van der Waals surface area contributed by atoms with Crippen molar-refractivity contribution in [3.63, 3.8) is 0 Å². The third kappa shape index (κ3) is 4.69. The Kier molecular flexibility index (Phi) is 6.16. The average molecular weight is 337 g/mol. The van der Waals surface area contributed by atoms with Crippen LogP contribution in [0.5, 0.6) is 0 Å². The molecule has 2 rings (SSSR count). The smallest absolute Gasteiger partial charge is 0.315 e. The molecule has 0 aliphatic heterocycles. The minimum Gasteiger partial charge on any atom is -0.481 e. The van der Waals surface area contributed by atoms with Gasteiger partial charge in [-0.05, 0) is 39.0 Å². The SMILES string of the molecule is CCC(C)c1n[nH]c(C(C)NC(=O)NC2CCC(C(=O)O)CC2)n1. The van der Waals surface area contributed by atoms with Crippen molar-refractivity contribution in [1.29, 1.82) is 0 Å². The summed E-state index contributed by atoms with van der Waals surface area (Å²) >= 11 is 0. The van der Waals surface area contributed by atoms with E-state index in [1.54, 1.807) is 0 Å². The van der Waals surface area contributed by atoms with Gasteiger partial charge in [-0.25, -0.2) is 9.78 Å². The standard InChI is InChI=1S/C16H27N5O3/c1-4-9(2)13-19-14(21-20-13)10(3)17-16(24)18-12-7-5-11(6-8-12)15(22)23/h9-12H,4-8H2,1-3H3,(H,22,23)(H2,17,18,24)(H,19,20,21). The molecule has 134 valence electrons. The van der Waals surface area contributed by atoms with Crippen molar-refractivity contribution in [3.05, 3.63) is 11.6 Å². The van der Waals surface area contributed by atoms with E-state index in [2.05, 4.69) is 39.7 Å². The fraction of sp³-hybridized carbons (Fsp3) is 0.750. The summed E-state index contributed by atoms with van der Waals surface area (Å²) in [6, 6.07) is -0.508. The zero-order chi connectivity index (χ0) is 17.7. The van der Waals surface area contributed by atoms with Crippen molar-refractivity contribution in [2.24, 2.45) is 5.92 Å². The number of urea groups is 1. The van der Waals surface area contributed by atoms with E-state index in [0.717, 1.165) is 12.2 Å². The van der Waals surface area contributed by atoms with Crippen molar-refractivity contribution in [3.8, 4) is 0 Å². The minimum atomic E-state index is -0.742. The Balaban J connectivity index is 1.80. The number of hydrogen-bond acceptors (Lipinski definition) is 4. The van der Waals surface area contributed by atoms with Gasteiger partial charge in [0.05, 0.1) is 12.0 Å². The number of amides is 2. The van der Waals surface area contributed by atoms with Crippen molar-refractivity contribution in [1.82, 2.24) is 25.8 Å². The van der Waals surface area contributed by atoms with Gasteiger partial charge < -0.3 is 15.7 Å². The fourth-order valence-corrected chi connectivity index (χ4v) is 2.86. The Bertz CT molecular complexity index is 566. The molecule has 4 N–H and O–H groups in total. The van der Waals surface area contributed by atoms with Crippen LogP contribution in [0.3, 0.4) is 0 Å². The molecule has 0 bridgehead atoms. The van der Waals surface area contributed by atoms with Crippen LogP contribution >= 0.6 is 0 Å². The van der Waals surface area contributed by atoms with Crippen molar-refractivity contribution < 1.29 is 14.7 Å². The van der Waals surface area contributed by atoms with Gasteiger partial charge in [0.2, 0.25) is 0 Å². The number of carbonyl (C=O) groups excluding carboxylic acids is 1. The third-order valence-corrected chi connectivity index (χ3v) is 4.74. The lowest BCUT2D eigenvalue weighted by molar-refractivity contribution is -0.142. The van der Waals surface area contributed by atoms with Gasteiger partial charge in [0.1, 0.15) is 5.82 Å². The first-order valence-electron chi connectivity index (χ1n) is 8.62. The van der Waals surface area contributed by atoms with Gasteiger partial charge in [0.25, 0.3) is 0 Å². The van der Waals surface area contributed by atoms with Gasteiger partial charge in [-0.1, -0.05) is 13.8 Å². The van der Waals surface area contributed by atoms with Gasteiger partial charge in [-0.3, -0.25) is 9.89 Å². The molecule has 0 spiro atoms. The van der Waals surface area contributed by atoms with Gasteiger partial charge in [-0.2, -0.15) is 5.10 Å². The van der Waals surface area contributed by atoms with Crippen molar-refractivity contribution in [2.45, 2.75) is 70.9 Å². The maximum Gasteiger partial charge on any atom is 0.315 e. The highest BCUT2D eigenvalue weighted by atomic mass is 16.4. The third-order valence-electron chi connectivity index (χ3n) is 4.74. The summed E-state index contributed by atoms with van der Waals surface area (Å²) in [6.07, 6.45) is 3.56. The molecule has 24 heavy (non-hydrogen) atoms. The second-order valence-corrected chi connectivity index (χ2v) is 6.61. The zero-order valence-corrected chi connectivity index (χ0v) is 14.5. The number of H-pyrrole nitrogens is 1. The maximum atomic E-state index is 12.1. The summed E-state index contributed by atoms with van der Waals surface area (Å²) in [5.41, 5.74) is 0. The van der Waals surface area contributed by atoms with Gasteiger partial charge >= 0.3 is 12.0 Å². The van der Waals surface area contributed by atoms with Gasteiger partial charge in [0.15, 0.2) is 5.82 Å². The summed E-state index contributed by atoms with van der Waals surface area (Å²) in [5, 5.41) is 21.8. The summed E-state index contributed by atoms with van der Waals surface area (Å²) in [4.78, 5) is 27.5. The lowest BCUT2D eigenvalue weighted by atomic mass is 9.86. The highest BCUT2D eigenvalue weighted by molar-refractivity contribution is 5.74. The molecule has 0 saturated heterocycles. The molecule has 8 heteroatoms. The molecule has 1 aromatic rings. The number of nitrogens with one attached hydrogen (secondary N) is 3. The van der Waals surface area contributed by atoms with Crippen LogP contribution in [-0.2, 0) is 4.79 Å². The molecular formula is C16H27N5O3. The minimum absolute atomic E-state index is 0.0261. The van der Waals surface area contributed by atoms with Crippen LogP contribution in [0.4, 0.5) is 4.79 Å². The van der Waals surface area contributed by atoms with Crippen LogP contribution in [-0.4, -0.2) is 38.3 Å². The predicted octanol–water partition coefficient (Wildman–Crippen LogP) is 2.32. The molecule has 1 heterocycles. The molecule has 1 saturated carbocycles.